The largest absolute Gasteiger partial charge is 0.390 e. The summed E-state index contributed by atoms with van der Waals surface area (Å²) in [5.41, 5.74) is -0.724. The summed E-state index contributed by atoms with van der Waals surface area (Å²) in [6, 6.07) is 2.19. The minimum absolute atomic E-state index is 0.0349. The number of aliphatic hydroxyl groups is 1. The van der Waals surface area contributed by atoms with E-state index in [9.17, 15) is 9.90 Å². The van der Waals surface area contributed by atoms with Crippen LogP contribution >= 0.6 is 0 Å². The van der Waals surface area contributed by atoms with Gasteiger partial charge in [-0.3, -0.25) is 9.69 Å². The second-order valence-corrected chi connectivity index (χ2v) is 8.27. The topological polar surface area (TPSA) is 76.4 Å². The van der Waals surface area contributed by atoms with Crippen molar-refractivity contribution in [3.63, 3.8) is 0 Å². The quantitative estimate of drug-likeness (QED) is 0.821. The summed E-state index contributed by atoms with van der Waals surface area (Å²) >= 11 is 0. The van der Waals surface area contributed by atoms with Gasteiger partial charge in [0.05, 0.1) is 24.3 Å². The molecule has 0 spiro atoms. The van der Waals surface area contributed by atoms with E-state index < -0.39 is 5.60 Å². The molecule has 4 aliphatic carbocycles. The van der Waals surface area contributed by atoms with E-state index in [4.69, 9.17) is 5.26 Å². The Hall–Kier alpha value is -1.12. The van der Waals surface area contributed by atoms with Crippen molar-refractivity contribution in [2.45, 2.75) is 68.5 Å². The first-order valence-corrected chi connectivity index (χ1v) is 8.66. The monoisotopic (exact) mass is 303 g/mol. The minimum Gasteiger partial charge on any atom is -0.390 e. The van der Waals surface area contributed by atoms with Gasteiger partial charge in [0.15, 0.2) is 0 Å². The fraction of sp³-hybridized carbons (Fsp3) is 0.882. The molecule has 1 heterocycles. The van der Waals surface area contributed by atoms with E-state index in [1.165, 1.54) is 6.42 Å². The first-order valence-electron chi connectivity index (χ1n) is 8.66. The lowest BCUT2D eigenvalue weighted by molar-refractivity contribution is -0.151. The van der Waals surface area contributed by atoms with E-state index in [1.54, 1.807) is 0 Å². The van der Waals surface area contributed by atoms with Gasteiger partial charge < -0.3 is 10.4 Å². The fourth-order valence-electron chi connectivity index (χ4n) is 6.04. The lowest BCUT2D eigenvalue weighted by Gasteiger charge is -2.60. The van der Waals surface area contributed by atoms with Crippen molar-refractivity contribution in [2.75, 3.05) is 13.1 Å². The average Bonchev–Trinajstić information content (AvgIpc) is 2.81. The number of carbonyl (C=O) groups excluding carboxylic acids is 1. The molecule has 4 bridgehead atoms. The van der Waals surface area contributed by atoms with Crippen LogP contribution in [0.25, 0.3) is 0 Å². The lowest BCUT2D eigenvalue weighted by Crippen LogP contribution is -2.66. The van der Waals surface area contributed by atoms with E-state index in [-0.39, 0.29) is 17.5 Å². The van der Waals surface area contributed by atoms with Crippen LogP contribution in [-0.2, 0) is 4.79 Å². The number of likely N-dealkylation sites (tertiary alicyclic amines) is 1. The maximum absolute atomic E-state index is 12.5. The summed E-state index contributed by atoms with van der Waals surface area (Å²) in [4.78, 5) is 14.5. The molecule has 3 atom stereocenters. The van der Waals surface area contributed by atoms with Crippen LogP contribution in [0.3, 0.4) is 0 Å². The van der Waals surface area contributed by atoms with Crippen LogP contribution in [0.2, 0.25) is 0 Å². The summed E-state index contributed by atoms with van der Waals surface area (Å²) in [6.45, 7) is 1.17. The molecule has 0 aromatic carbocycles. The molecule has 2 N–H and O–H groups in total. The smallest absolute Gasteiger partial charge is 0.234 e. The van der Waals surface area contributed by atoms with E-state index in [0.717, 1.165) is 51.5 Å². The Morgan fingerprint density at radius 3 is 2.68 bits per heavy atom. The predicted octanol–water partition coefficient (Wildman–Crippen LogP) is 1.17. The normalized spacial score (nSPS) is 46.6. The Balaban J connectivity index is 1.43. The van der Waals surface area contributed by atoms with Crippen LogP contribution in [0.4, 0.5) is 0 Å². The van der Waals surface area contributed by atoms with Crippen molar-refractivity contribution in [1.82, 2.24) is 10.2 Å². The summed E-state index contributed by atoms with van der Waals surface area (Å²) in [5.74, 6) is 1.18. The van der Waals surface area contributed by atoms with Crippen LogP contribution in [0, 0.1) is 23.2 Å². The number of carbonyl (C=O) groups is 1. The van der Waals surface area contributed by atoms with Gasteiger partial charge in [-0.2, -0.15) is 5.26 Å². The Kier molecular flexibility index (Phi) is 3.25. The fourth-order valence-corrected chi connectivity index (χ4v) is 6.04. The van der Waals surface area contributed by atoms with E-state index >= 15 is 0 Å². The Bertz CT molecular complexity index is 512. The summed E-state index contributed by atoms with van der Waals surface area (Å²) < 4.78 is 0. The third-order valence-corrected chi connectivity index (χ3v) is 6.29. The van der Waals surface area contributed by atoms with E-state index in [2.05, 4.69) is 11.4 Å². The highest BCUT2D eigenvalue weighted by Gasteiger charge is 2.57. The molecule has 5 nitrogen and oxygen atoms in total. The van der Waals surface area contributed by atoms with Gasteiger partial charge in [-0.15, -0.1) is 0 Å². The zero-order chi connectivity index (χ0) is 15.4. The number of amides is 1. The molecule has 1 aliphatic heterocycles. The van der Waals surface area contributed by atoms with Gasteiger partial charge >= 0.3 is 0 Å². The number of hydrogen-bond donors (Lipinski definition) is 2. The van der Waals surface area contributed by atoms with Crippen LogP contribution in [0.1, 0.15) is 51.4 Å². The zero-order valence-electron chi connectivity index (χ0n) is 13.1. The molecule has 22 heavy (non-hydrogen) atoms. The maximum atomic E-state index is 12.5. The van der Waals surface area contributed by atoms with Crippen molar-refractivity contribution >= 4 is 5.91 Å². The Morgan fingerprint density at radius 1 is 1.32 bits per heavy atom. The number of nitrogens with one attached hydrogen (secondary N) is 1. The van der Waals surface area contributed by atoms with Gasteiger partial charge in [0.1, 0.15) is 0 Å². The van der Waals surface area contributed by atoms with Gasteiger partial charge in [-0.1, -0.05) is 0 Å². The molecule has 120 valence electrons. The summed E-state index contributed by atoms with van der Waals surface area (Å²) in [5, 5.41) is 23.1. The highest BCUT2D eigenvalue weighted by atomic mass is 16.3. The molecule has 0 aromatic heterocycles. The number of nitriles is 1. The zero-order valence-corrected chi connectivity index (χ0v) is 13.1. The molecule has 2 unspecified atom stereocenters. The van der Waals surface area contributed by atoms with Gasteiger partial charge in [0, 0.05) is 12.1 Å². The molecule has 5 rings (SSSR count). The average molecular weight is 303 g/mol. The molecule has 0 aromatic rings. The predicted molar refractivity (Wildman–Crippen MR) is 80.7 cm³/mol. The first-order chi connectivity index (χ1) is 10.5. The van der Waals surface area contributed by atoms with Crippen LogP contribution in [0.15, 0.2) is 0 Å². The second kappa shape index (κ2) is 4.94. The Labute approximate surface area is 131 Å². The molecular formula is C17H25N3O2. The van der Waals surface area contributed by atoms with E-state index in [0.29, 0.717) is 18.4 Å². The highest BCUT2D eigenvalue weighted by Crippen LogP contribution is 2.57. The molecule has 5 fully saturated rings. The van der Waals surface area contributed by atoms with Crippen LogP contribution in [-0.4, -0.2) is 46.2 Å². The first kappa shape index (κ1) is 14.5. The number of hydrogen-bond acceptors (Lipinski definition) is 4. The number of rotatable bonds is 3. The third-order valence-electron chi connectivity index (χ3n) is 6.29. The second-order valence-electron chi connectivity index (χ2n) is 8.27. The summed E-state index contributed by atoms with van der Waals surface area (Å²) in [7, 11) is 0. The molecule has 1 amide bonds. The lowest BCUT2D eigenvalue weighted by atomic mass is 9.51. The van der Waals surface area contributed by atoms with Crippen molar-refractivity contribution in [2.24, 2.45) is 11.8 Å². The molecule has 4 saturated carbocycles. The molecular weight excluding hydrogens is 278 g/mol. The van der Waals surface area contributed by atoms with Gasteiger partial charge in [-0.25, -0.2) is 0 Å². The van der Waals surface area contributed by atoms with Crippen molar-refractivity contribution in [3.8, 4) is 6.07 Å². The van der Waals surface area contributed by atoms with Gasteiger partial charge in [0.25, 0.3) is 0 Å². The maximum Gasteiger partial charge on any atom is 0.234 e. The molecule has 0 radical (unpaired) electrons. The van der Waals surface area contributed by atoms with Gasteiger partial charge in [-0.05, 0) is 63.2 Å². The van der Waals surface area contributed by atoms with Gasteiger partial charge in [0.2, 0.25) is 5.91 Å². The standard InChI is InChI=1S/C17H25N3O2/c18-9-14-2-1-3-20(14)10-15(21)19-16-5-12-4-13(6-16)8-17(22,7-12)11-16/h12-14,22H,1-8,10-11H2,(H,19,21)/t12?,13?,14-,16?,17?/m0/s1. The highest BCUT2D eigenvalue weighted by molar-refractivity contribution is 5.79. The SMILES string of the molecule is N#C[C@@H]1CCCN1CC(=O)NC12CC3CC(CC(O)(C3)C1)C2. The third kappa shape index (κ3) is 2.43. The number of nitrogens with zero attached hydrogens (tertiary/aromatic N) is 2. The van der Waals surface area contributed by atoms with Crippen LogP contribution in [0.5, 0.6) is 0 Å². The van der Waals surface area contributed by atoms with Crippen molar-refractivity contribution in [3.05, 3.63) is 0 Å². The van der Waals surface area contributed by atoms with Crippen molar-refractivity contribution < 1.29 is 9.90 Å². The molecule has 1 saturated heterocycles. The Morgan fingerprint density at radius 2 is 2.05 bits per heavy atom. The van der Waals surface area contributed by atoms with Crippen molar-refractivity contribution in [1.29, 1.82) is 5.26 Å². The minimum atomic E-state index is -0.541. The van der Waals surface area contributed by atoms with E-state index in [1.807, 2.05) is 4.90 Å². The molecule has 5 aliphatic rings. The van der Waals surface area contributed by atoms with Crippen LogP contribution < -0.4 is 5.32 Å². The molecule has 5 heteroatoms. The summed E-state index contributed by atoms with van der Waals surface area (Å²) in [6.07, 6.45) is 7.72.